The molecule has 5 heteroatoms. The van der Waals surface area contributed by atoms with Crippen LogP contribution in [-0.2, 0) is 0 Å². The minimum Gasteiger partial charge on any atom is -0.382 e. The van der Waals surface area contributed by atoms with Crippen molar-refractivity contribution in [1.82, 2.24) is 4.90 Å². The van der Waals surface area contributed by atoms with Crippen molar-refractivity contribution in [2.75, 3.05) is 13.1 Å². The summed E-state index contributed by atoms with van der Waals surface area (Å²) in [6, 6.07) is 0. The number of aliphatic hydroxyl groups excluding tert-OH is 1. The van der Waals surface area contributed by atoms with Crippen LogP contribution in [0.1, 0.15) is 26.7 Å². The quantitative estimate of drug-likeness (QED) is 0.752. The second-order valence-electron chi connectivity index (χ2n) is 4.42. The Morgan fingerprint density at radius 1 is 1.43 bits per heavy atom. The van der Waals surface area contributed by atoms with E-state index in [0.717, 1.165) is 12.8 Å². The van der Waals surface area contributed by atoms with Gasteiger partial charge >= 0.3 is 6.18 Å². The van der Waals surface area contributed by atoms with E-state index in [9.17, 15) is 13.2 Å². The first-order valence-electron chi connectivity index (χ1n) is 4.73. The molecule has 1 heterocycles. The van der Waals surface area contributed by atoms with Crippen molar-refractivity contribution >= 4 is 0 Å². The van der Waals surface area contributed by atoms with Crippen LogP contribution in [0.15, 0.2) is 0 Å². The largest absolute Gasteiger partial charge is 0.415 e. The summed E-state index contributed by atoms with van der Waals surface area (Å²) in [5.74, 6) is 0. The van der Waals surface area contributed by atoms with Crippen LogP contribution in [-0.4, -0.2) is 40.9 Å². The van der Waals surface area contributed by atoms with Gasteiger partial charge in [-0.1, -0.05) is 0 Å². The Hall–Kier alpha value is -0.290. The highest BCUT2D eigenvalue weighted by Crippen LogP contribution is 2.30. The van der Waals surface area contributed by atoms with Gasteiger partial charge in [0.15, 0.2) is 6.10 Å². The molecule has 0 amide bonds. The van der Waals surface area contributed by atoms with Crippen LogP contribution in [0.4, 0.5) is 13.2 Å². The van der Waals surface area contributed by atoms with Gasteiger partial charge in [-0.2, -0.15) is 13.2 Å². The number of rotatable bonds is 2. The topological polar surface area (TPSA) is 23.5 Å². The summed E-state index contributed by atoms with van der Waals surface area (Å²) in [6.45, 7) is 4.14. The van der Waals surface area contributed by atoms with Crippen molar-refractivity contribution in [3.8, 4) is 0 Å². The fourth-order valence-corrected chi connectivity index (χ4v) is 1.81. The number of β-amino-alcohol motifs (C(OH)–C–C–N with tert-alkyl or cyclic N) is 1. The summed E-state index contributed by atoms with van der Waals surface area (Å²) in [7, 11) is 0. The van der Waals surface area contributed by atoms with E-state index >= 15 is 0 Å². The van der Waals surface area contributed by atoms with E-state index in [1.54, 1.807) is 4.90 Å². The van der Waals surface area contributed by atoms with Gasteiger partial charge in [0.25, 0.3) is 0 Å². The highest BCUT2D eigenvalue weighted by atomic mass is 19.4. The van der Waals surface area contributed by atoms with Crippen molar-refractivity contribution in [2.24, 2.45) is 0 Å². The average molecular weight is 211 g/mol. The Kier molecular flexibility index (Phi) is 3.11. The van der Waals surface area contributed by atoms with Gasteiger partial charge in [-0.15, -0.1) is 0 Å². The first kappa shape index (κ1) is 11.8. The van der Waals surface area contributed by atoms with E-state index in [1.807, 2.05) is 13.8 Å². The van der Waals surface area contributed by atoms with E-state index in [4.69, 9.17) is 5.11 Å². The van der Waals surface area contributed by atoms with Crippen LogP contribution in [0.2, 0.25) is 0 Å². The second-order valence-corrected chi connectivity index (χ2v) is 4.42. The molecular weight excluding hydrogens is 195 g/mol. The van der Waals surface area contributed by atoms with Crippen molar-refractivity contribution < 1.29 is 18.3 Å². The molecule has 1 saturated heterocycles. The third kappa shape index (κ3) is 2.60. The molecule has 2 nitrogen and oxygen atoms in total. The van der Waals surface area contributed by atoms with Crippen LogP contribution in [0.5, 0.6) is 0 Å². The lowest BCUT2D eigenvalue weighted by molar-refractivity contribution is -0.209. The molecular formula is C9H16F3NO. The predicted octanol–water partition coefficient (Wildman–Crippen LogP) is 1.78. The van der Waals surface area contributed by atoms with Gasteiger partial charge < -0.3 is 5.11 Å². The number of halogens is 3. The zero-order valence-corrected chi connectivity index (χ0v) is 8.43. The first-order chi connectivity index (χ1) is 6.23. The first-order valence-corrected chi connectivity index (χ1v) is 4.73. The molecule has 0 saturated carbocycles. The van der Waals surface area contributed by atoms with Crippen LogP contribution in [0.3, 0.4) is 0 Å². The summed E-state index contributed by atoms with van der Waals surface area (Å²) in [4.78, 5) is 1.70. The van der Waals surface area contributed by atoms with Crippen LogP contribution >= 0.6 is 0 Å². The highest BCUT2D eigenvalue weighted by Gasteiger charge is 2.42. The smallest absolute Gasteiger partial charge is 0.382 e. The Morgan fingerprint density at radius 3 is 2.36 bits per heavy atom. The molecule has 1 rings (SSSR count). The molecule has 0 aliphatic carbocycles. The van der Waals surface area contributed by atoms with Crippen molar-refractivity contribution in [3.05, 3.63) is 0 Å². The van der Waals surface area contributed by atoms with Crippen LogP contribution in [0, 0.1) is 0 Å². The van der Waals surface area contributed by atoms with E-state index in [-0.39, 0.29) is 12.1 Å². The predicted molar refractivity (Wildman–Crippen MR) is 46.9 cm³/mol. The number of likely N-dealkylation sites (tertiary alicyclic amines) is 1. The van der Waals surface area contributed by atoms with Crippen molar-refractivity contribution in [2.45, 2.75) is 44.5 Å². The maximum absolute atomic E-state index is 12.1. The van der Waals surface area contributed by atoms with Crippen molar-refractivity contribution in [1.29, 1.82) is 0 Å². The van der Waals surface area contributed by atoms with E-state index in [0.29, 0.717) is 6.54 Å². The molecule has 0 aromatic rings. The fourth-order valence-electron chi connectivity index (χ4n) is 1.81. The molecule has 1 N–H and O–H groups in total. The molecule has 0 aromatic carbocycles. The van der Waals surface area contributed by atoms with Gasteiger partial charge in [0.05, 0.1) is 0 Å². The molecule has 0 aromatic heterocycles. The molecule has 1 aliphatic heterocycles. The van der Waals surface area contributed by atoms with Crippen LogP contribution in [0.25, 0.3) is 0 Å². The molecule has 0 spiro atoms. The second kappa shape index (κ2) is 3.70. The lowest BCUT2D eigenvalue weighted by Gasteiger charge is -2.33. The van der Waals surface area contributed by atoms with Gasteiger partial charge in [-0.25, -0.2) is 0 Å². The minimum atomic E-state index is -4.50. The fraction of sp³-hybridized carbons (Fsp3) is 1.00. The molecule has 84 valence electrons. The van der Waals surface area contributed by atoms with Gasteiger partial charge in [0.2, 0.25) is 0 Å². The van der Waals surface area contributed by atoms with Gasteiger partial charge in [0.1, 0.15) is 0 Å². The third-order valence-electron chi connectivity index (χ3n) is 2.84. The number of hydrogen-bond acceptors (Lipinski definition) is 2. The van der Waals surface area contributed by atoms with Gasteiger partial charge in [-0.3, -0.25) is 4.90 Å². The average Bonchev–Trinajstić information content (AvgIpc) is 2.29. The third-order valence-corrected chi connectivity index (χ3v) is 2.84. The number of nitrogens with zero attached hydrogens (tertiary/aromatic N) is 1. The van der Waals surface area contributed by atoms with Crippen molar-refractivity contribution in [3.63, 3.8) is 0 Å². The molecule has 1 fully saturated rings. The maximum Gasteiger partial charge on any atom is 0.415 e. The van der Waals surface area contributed by atoms with E-state index < -0.39 is 12.3 Å². The Morgan fingerprint density at radius 2 is 2.00 bits per heavy atom. The Labute approximate surface area is 81.7 Å². The highest BCUT2D eigenvalue weighted by molar-refractivity contribution is 4.89. The maximum atomic E-state index is 12.1. The normalized spacial score (nSPS) is 25.3. The zero-order chi connectivity index (χ0) is 11.0. The van der Waals surface area contributed by atoms with Gasteiger partial charge in [-0.05, 0) is 33.2 Å². The molecule has 14 heavy (non-hydrogen) atoms. The van der Waals surface area contributed by atoms with E-state index in [2.05, 4.69) is 0 Å². The van der Waals surface area contributed by atoms with E-state index in [1.165, 1.54) is 0 Å². The summed E-state index contributed by atoms with van der Waals surface area (Å²) in [5.41, 5.74) is -0.216. The number of hydrogen-bond donors (Lipinski definition) is 1. The number of aliphatic hydroxyl groups is 1. The standard InChI is InChI=1S/C9H16F3NO/c1-8(2)4-3-5-13(8)6-7(14)9(10,11)12/h7,14H,3-6H2,1-2H3. The monoisotopic (exact) mass is 211 g/mol. The Bertz CT molecular complexity index is 203. The summed E-state index contributed by atoms with van der Waals surface area (Å²) in [6.07, 6.45) is -4.94. The Balaban J connectivity index is 2.52. The SMILES string of the molecule is CC1(C)CCCN1CC(O)C(F)(F)F. The summed E-state index contributed by atoms with van der Waals surface area (Å²) < 4.78 is 36.2. The van der Waals surface area contributed by atoms with Gasteiger partial charge in [0, 0.05) is 12.1 Å². The van der Waals surface area contributed by atoms with Crippen LogP contribution < -0.4 is 0 Å². The molecule has 0 bridgehead atoms. The summed E-state index contributed by atoms with van der Waals surface area (Å²) >= 11 is 0. The molecule has 1 atom stereocenters. The lowest BCUT2D eigenvalue weighted by Crippen LogP contribution is -2.47. The molecule has 1 aliphatic rings. The number of alkyl halides is 3. The molecule has 1 unspecified atom stereocenters. The lowest BCUT2D eigenvalue weighted by atomic mass is 10.0. The summed E-state index contributed by atoms with van der Waals surface area (Å²) in [5, 5.41) is 8.91. The molecule has 0 radical (unpaired) electrons. The minimum absolute atomic E-state index is 0.216. The zero-order valence-electron chi connectivity index (χ0n) is 8.43.